The van der Waals surface area contributed by atoms with Gasteiger partial charge in [0, 0.05) is 24.7 Å². The number of hydrogen-bond donors (Lipinski definition) is 1. The van der Waals surface area contributed by atoms with Crippen LogP contribution < -0.4 is 5.32 Å². The van der Waals surface area contributed by atoms with Crippen LogP contribution in [0.2, 0.25) is 5.02 Å². The van der Waals surface area contributed by atoms with E-state index in [1.54, 1.807) is 12.1 Å². The highest BCUT2D eigenvalue weighted by Crippen LogP contribution is 2.27. The van der Waals surface area contributed by atoms with Crippen LogP contribution in [0.5, 0.6) is 0 Å². The average Bonchev–Trinajstić information content (AvgIpc) is 3.46. The van der Waals surface area contributed by atoms with E-state index in [0.29, 0.717) is 31.0 Å². The molecular weight excluding hydrogens is 434 g/mol. The van der Waals surface area contributed by atoms with Crippen LogP contribution in [0.25, 0.3) is 0 Å². The number of carbonyl (C=O) groups excluding carboxylic acids is 1. The minimum absolute atomic E-state index is 0.158. The molecule has 0 spiro atoms. The second-order valence-corrected chi connectivity index (χ2v) is 10.6. The number of rotatable bonds is 7. The lowest BCUT2D eigenvalue weighted by Crippen LogP contribution is -2.45. The van der Waals surface area contributed by atoms with Crippen LogP contribution in [-0.2, 0) is 27.9 Å². The number of sulfonamides is 1. The van der Waals surface area contributed by atoms with Crippen LogP contribution in [0.1, 0.15) is 36.8 Å². The first-order valence-electron chi connectivity index (χ1n) is 10.8. The molecule has 6 nitrogen and oxygen atoms in total. The first-order chi connectivity index (χ1) is 14.9. The highest BCUT2D eigenvalue weighted by molar-refractivity contribution is 7.89. The Morgan fingerprint density at radius 3 is 2.26 bits per heavy atom. The molecule has 0 radical (unpaired) electrons. The van der Waals surface area contributed by atoms with Crippen molar-refractivity contribution in [2.24, 2.45) is 0 Å². The predicted molar refractivity (Wildman–Crippen MR) is 121 cm³/mol. The number of carbonyl (C=O) groups is 1. The molecule has 1 atom stereocenters. The molecular formula is C23H28ClN3O3S. The SMILES string of the molecule is O=C(NCc1ccc(CN2CCCC2)cc1)[C@H]1CCCN1S(=O)(=O)c1ccc(Cl)cc1. The van der Waals surface area contributed by atoms with Crippen molar-refractivity contribution in [2.45, 2.75) is 49.7 Å². The van der Waals surface area contributed by atoms with Gasteiger partial charge in [-0.15, -0.1) is 0 Å². The van der Waals surface area contributed by atoms with E-state index in [1.165, 1.54) is 34.8 Å². The van der Waals surface area contributed by atoms with Crippen molar-refractivity contribution < 1.29 is 13.2 Å². The Morgan fingerprint density at radius 2 is 1.58 bits per heavy atom. The minimum atomic E-state index is -3.74. The molecule has 0 aromatic heterocycles. The molecule has 0 saturated carbocycles. The van der Waals surface area contributed by atoms with E-state index in [1.807, 2.05) is 12.1 Å². The van der Waals surface area contributed by atoms with Gasteiger partial charge in [-0.05, 0) is 74.2 Å². The summed E-state index contributed by atoms with van der Waals surface area (Å²) in [6.07, 6.45) is 3.73. The van der Waals surface area contributed by atoms with Crippen molar-refractivity contribution in [2.75, 3.05) is 19.6 Å². The maximum absolute atomic E-state index is 13.0. The fraction of sp³-hybridized carbons (Fsp3) is 0.435. The molecule has 2 fully saturated rings. The number of hydrogen-bond acceptors (Lipinski definition) is 4. The molecule has 4 rings (SSSR count). The van der Waals surface area contributed by atoms with Gasteiger partial charge in [0.05, 0.1) is 4.90 Å². The number of nitrogens with zero attached hydrogens (tertiary/aromatic N) is 2. The van der Waals surface area contributed by atoms with Crippen LogP contribution in [0, 0.1) is 0 Å². The van der Waals surface area contributed by atoms with Gasteiger partial charge in [0.2, 0.25) is 15.9 Å². The Bertz CT molecular complexity index is 1000. The Balaban J connectivity index is 1.36. The first kappa shape index (κ1) is 22.3. The van der Waals surface area contributed by atoms with Crippen molar-refractivity contribution >= 4 is 27.5 Å². The highest BCUT2D eigenvalue weighted by atomic mass is 35.5. The summed E-state index contributed by atoms with van der Waals surface area (Å²) in [5.41, 5.74) is 2.27. The van der Waals surface area contributed by atoms with E-state index < -0.39 is 16.1 Å². The summed E-state index contributed by atoms with van der Waals surface area (Å²) >= 11 is 5.88. The summed E-state index contributed by atoms with van der Waals surface area (Å²) in [5.74, 6) is -0.254. The zero-order chi connectivity index (χ0) is 21.8. The van der Waals surface area contributed by atoms with Crippen LogP contribution in [0.15, 0.2) is 53.4 Å². The molecule has 0 aliphatic carbocycles. The second kappa shape index (κ2) is 9.69. The minimum Gasteiger partial charge on any atom is -0.351 e. The summed E-state index contributed by atoms with van der Waals surface area (Å²) in [5, 5.41) is 3.39. The molecule has 8 heteroatoms. The normalized spacial score (nSPS) is 20.2. The van der Waals surface area contributed by atoms with Crippen LogP contribution in [0.3, 0.4) is 0 Å². The van der Waals surface area contributed by atoms with Crippen LogP contribution >= 0.6 is 11.6 Å². The van der Waals surface area contributed by atoms with Crippen LogP contribution in [0.4, 0.5) is 0 Å². The fourth-order valence-electron chi connectivity index (χ4n) is 4.30. The van der Waals surface area contributed by atoms with Gasteiger partial charge in [-0.2, -0.15) is 4.31 Å². The molecule has 1 N–H and O–H groups in total. The lowest BCUT2D eigenvalue weighted by atomic mass is 10.1. The quantitative estimate of drug-likeness (QED) is 0.686. The average molecular weight is 462 g/mol. The molecule has 0 unspecified atom stereocenters. The van der Waals surface area contributed by atoms with E-state index in [4.69, 9.17) is 11.6 Å². The topological polar surface area (TPSA) is 69.7 Å². The van der Waals surface area contributed by atoms with E-state index in [0.717, 1.165) is 25.2 Å². The maximum Gasteiger partial charge on any atom is 0.243 e. The summed E-state index contributed by atoms with van der Waals surface area (Å²) in [6.45, 7) is 4.01. The summed E-state index contributed by atoms with van der Waals surface area (Å²) in [4.78, 5) is 15.4. The standard InChI is InChI=1S/C23H28ClN3O3S/c24-20-9-11-21(12-10-20)31(29,30)27-15-3-4-22(27)23(28)25-16-18-5-7-19(8-6-18)17-26-13-1-2-14-26/h5-12,22H,1-4,13-17H2,(H,25,28)/t22-/m1/s1. The van der Waals surface area contributed by atoms with E-state index in [-0.39, 0.29) is 10.8 Å². The molecule has 2 heterocycles. The largest absolute Gasteiger partial charge is 0.351 e. The molecule has 166 valence electrons. The number of benzene rings is 2. The third-order valence-electron chi connectivity index (χ3n) is 6.02. The van der Waals surface area contributed by atoms with E-state index in [2.05, 4.69) is 22.3 Å². The number of halogens is 1. The molecule has 2 aliphatic rings. The fourth-order valence-corrected chi connectivity index (χ4v) is 6.08. The third-order valence-corrected chi connectivity index (χ3v) is 8.20. The second-order valence-electron chi connectivity index (χ2n) is 8.25. The number of likely N-dealkylation sites (tertiary alicyclic amines) is 1. The van der Waals surface area contributed by atoms with Gasteiger partial charge in [0.15, 0.2) is 0 Å². The molecule has 0 bridgehead atoms. The summed E-state index contributed by atoms with van der Waals surface area (Å²) < 4.78 is 27.3. The lowest BCUT2D eigenvalue weighted by Gasteiger charge is -2.23. The Labute approximate surface area is 189 Å². The van der Waals surface area contributed by atoms with E-state index in [9.17, 15) is 13.2 Å². The molecule has 2 aromatic carbocycles. The zero-order valence-corrected chi connectivity index (χ0v) is 19.0. The monoisotopic (exact) mass is 461 g/mol. The summed E-state index contributed by atoms with van der Waals surface area (Å²) in [6, 6.07) is 13.6. The highest BCUT2D eigenvalue weighted by Gasteiger charge is 2.39. The molecule has 2 saturated heterocycles. The van der Waals surface area contributed by atoms with Crippen LogP contribution in [-0.4, -0.2) is 49.2 Å². The van der Waals surface area contributed by atoms with Gasteiger partial charge in [-0.1, -0.05) is 35.9 Å². The zero-order valence-electron chi connectivity index (χ0n) is 17.5. The Morgan fingerprint density at radius 1 is 0.935 bits per heavy atom. The number of nitrogens with one attached hydrogen (secondary N) is 1. The van der Waals surface area contributed by atoms with Crippen molar-refractivity contribution in [3.05, 3.63) is 64.7 Å². The van der Waals surface area contributed by atoms with Gasteiger partial charge in [-0.3, -0.25) is 9.69 Å². The molecule has 2 aromatic rings. The molecule has 2 aliphatic heterocycles. The smallest absolute Gasteiger partial charge is 0.243 e. The van der Waals surface area contributed by atoms with Gasteiger partial charge in [0.25, 0.3) is 0 Å². The predicted octanol–water partition coefficient (Wildman–Crippen LogP) is 3.41. The Hall–Kier alpha value is -1.93. The third kappa shape index (κ3) is 5.29. The number of amides is 1. The molecule has 1 amide bonds. The maximum atomic E-state index is 13.0. The van der Waals surface area contributed by atoms with Crippen molar-refractivity contribution in [1.82, 2.24) is 14.5 Å². The molecule has 31 heavy (non-hydrogen) atoms. The lowest BCUT2D eigenvalue weighted by molar-refractivity contribution is -0.124. The van der Waals surface area contributed by atoms with E-state index >= 15 is 0 Å². The van der Waals surface area contributed by atoms with Crippen molar-refractivity contribution in [3.8, 4) is 0 Å². The van der Waals surface area contributed by atoms with Crippen molar-refractivity contribution in [1.29, 1.82) is 0 Å². The first-order valence-corrected chi connectivity index (χ1v) is 12.6. The van der Waals surface area contributed by atoms with Crippen molar-refractivity contribution in [3.63, 3.8) is 0 Å². The Kier molecular flexibility index (Phi) is 6.96. The van der Waals surface area contributed by atoms with Gasteiger partial charge < -0.3 is 5.32 Å². The van der Waals surface area contributed by atoms with Gasteiger partial charge in [0.1, 0.15) is 6.04 Å². The van der Waals surface area contributed by atoms with Gasteiger partial charge >= 0.3 is 0 Å². The van der Waals surface area contributed by atoms with Gasteiger partial charge in [-0.25, -0.2) is 8.42 Å². The summed E-state index contributed by atoms with van der Waals surface area (Å²) in [7, 11) is -3.74.